The predicted octanol–water partition coefficient (Wildman–Crippen LogP) is 3.66. The number of sulfonamides is 1. The van der Waals surface area contributed by atoms with E-state index in [9.17, 15) is 50.0 Å². The lowest BCUT2D eigenvalue weighted by Crippen LogP contribution is -2.57. The topological polar surface area (TPSA) is 180 Å². The van der Waals surface area contributed by atoms with Gasteiger partial charge in [0.25, 0.3) is 5.91 Å². The second kappa shape index (κ2) is 19.4. The number of hydrogen-bond donors (Lipinski definition) is 4. The van der Waals surface area contributed by atoms with Crippen molar-refractivity contribution in [2.24, 2.45) is 23.7 Å². The molecule has 18 heteroatoms. The maximum atomic E-state index is 14.7. The molecule has 0 bridgehead atoms. The molecule has 1 aliphatic heterocycles. The van der Waals surface area contributed by atoms with Gasteiger partial charge in [-0.2, -0.15) is 0 Å². The summed E-state index contributed by atoms with van der Waals surface area (Å²) in [6.07, 6.45) is 0.393. The zero-order valence-electron chi connectivity index (χ0n) is 30.7. The largest absolute Gasteiger partial charge is 0.449 e. The summed E-state index contributed by atoms with van der Waals surface area (Å²) in [5, 5.41) is 7.28. The minimum absolute atomic E-state index is 0.0501. The van der Waals surface area contributed by atoms with Crippen LogP contribution in [0.5, 0.6) is 0 Å². The molecule has 2 fully saturated rings. The first kappa shape index (κ1) is 43.4. The lowest BCUT2D eigenvalue weighted by atomic mass is 9.79. The summed E-state index contributed by atoms with van der Waals surface area (Å²) in [6, 6.07) is -2.72. The van der Waals surface area contributed by atoms with Crippen molar-refractivity contribution in [1.29, 1.82) is 0 Å². The summed E-state index contributed by atoms with van der Waals surface area (Å²) in [7, 11) is -4.01. The van der Waals surface area contributed by atoms with Crippen LogP contribution in [0.25, 0.3) is 0 Å². The van der Waals surface area contributed by atoms with E-state index in [1.807, 2.05) is 13.8 Å². The molecule has 1 unspecified atom stereocenters. The maximum Gasteiger partial charge on any atom is 0.407 e. The highest BCUT2D eigenvalue weighted by molar-refractivity contribution is 7.89. The first-order valence-electron chi connectivity index (χ1n) is 17.9. The Hall–Kier alpha value is -3.96. The third-order valence-corrected chi connectivity index (χ3v) is 9.95. The van der Waals surface area contributed by atoms with Crippen LogP contribution in [-0.2, 0) is 35.6 Å². The molecular weight excluding hydrogens is 726 g/mol. The number of carbonyl (C=O) groups is 5. The van der Waals surface area contributed by atoms with Crippen molar-refractivity contribution in [3.63, 3.8) is 0 Å². The molecule has 53 heavy (non-hydrogen) atoms. The molecule has 5 amide bonds. The average molecular weight is 778 g/mol. The van der Waals surface area contributed by atoms with Gasteiger partial charge in [-0.05, 0) is 48.6 Å². The number of nitrogens with one attached hydrogen (secondary N) is 4. The molecular formula is C35H51F4N5O8S. The Morgan fingerprint density at radius 3 is 2.11 bits per heavy atom. The summed E-state index contributed by atoms with van der Waals surface area (Å²) < 4.78 is 86.2. The van der Waals surface area contributed by atoms with Crippen LogP contribution in [0.2, 0.25) is 0 Å². The Bertz CT molecular complexity index is 1570. The number of alkyl carbamates (subject to hydrolysis) is 1. The van der Waals surface area contributed by atoms with Crippen LogP contribution in [0.3, 0.4) is 0 Å². The van der Waals surface area contributed by atoms with Crippen molar-refractivity contribution in [2.45, 2.75) is 104 Å². The lowest BCUT2D eigenvalue weighted by molar-refractivity contribution is -0.141. The van der Waals surface area contributed by atoms with Gasteiger partial charge in [0.05, 0.1) is 12.9 Å². The van der Waals surface area contributed by atoms with Gasteiger partial charge in [-0.1, -0.05) is 59.8 Å². The van der Waals surface area contributed by atoms with Crippen LogP contribution in [0.1, 0.15) is 88.6 Å². The minimum atomic E-state index is -4.01. The number of ether oxygens (including phenoxy) is 1. The first-order valence-corrected chi connectivity index (χ1v) is 19.8. The van der Waals surface area contributed by atoms with Crippen LogP contribution in [0.4, 0.5) is 22.4 Å². The fourth-order valence-corrected chi connectivity index (χ4v) is 7.18. The molecule has 1 aromatic rings. The van der Waals surface area contributed by atoms with Crippen molar-refractivity contribution < 1.29 is 54.7 Å². The van der Waals surface area contributed by atoms with E-state index in [0.29, 0.717) is 18.4 Å². The second-order valence-corrected chi connectivity index (χ2v) is 16.4. The van der Waals surface area contributed by atoms with Gasteiger partial charge >= 0.3 is 6.09 Å². The number of amides is 5. The molecule has 0 aromatic heterocycles. The van der Waals surface area contributed by atoms with Crippen molar-refractivity contribution in [3.8, 4) is 0 Å². The van der Waals surface area contributed by atoms with Crippen LogP contribution >= 0.6 is 0 Å². The van der Waals surface area contributed by atoms with E-state index in [4.69, 9.17) is 4.74 Å². The Labute approximate surface area is 307 Å². The van der Waals surface area contributed by atoms with Gasteiger partial charge in [0.2, 0.25) is 34.2 Å². The van der Waals surface area contributed by atoms with Crippen LogP contribution in [0, 0.1) is 35.3 Å². The number of halogens is 4. The average Bonchev–Trinajstić information content (AvgIpc) is 3.52. The molecule has 1 saturated heterocycles. The number of likely N-dealkylation sites (tertiary alicyclic amines) is 1. The summed E-state index contributed by atoms with van der Waals surface area (Å²) in [5.41, 5.74) is -1.17. The summed E-state index contributed by atoms with van der Waals surface area (Å²) >= 11 is 0. The van der Waals surface area contributed by atoms with E-state index < -0.39 is 112 Å². The van der Waals surface area contributed by atoms with Crippen molar-refractivity contribution >= 4 is 39.7 Å². The van der Waals surface area contributed by atoms with Gasteiger partial charge < -0.3 is 25.6 Å². The predicted molar refractivity (Wildman–Crippen MR) is 186 cm³/mol. The molecule has 0 spiro atoms. The van der Waals surface area contributed by atoms with Gasteiger partial charge in [0.15, 0.2) is 0 Å². The molecule has 1 aliphatic carbocycles. The molecule has 1 saturated carbocycles. The van der Waals surface area contributed by atoms with Gasteiger partial charge in [-0.3, -0.25) is 19.2 Å². The number of benzene rings is 1. The third kappa shape index (κ3) is 13.1. The van der Waals surface area contributed by atoms with Gasteiger partial charge in [0.1, 0.15) is 29.8 Å². The molecule has 13 nitrogen and oxygen atoms in total. The fourth-order valence-electron chi connectivity index (χ4n) is 6.72. The number of carbonyl (C=O) groups excluding carboxylic acids is 5. The molecule has 4 N–H and O–H groups in total. The molecule has 3 rings (SSSR count). The van der Waals surface area contributed by atoms with Gasteiger partial charge in [0, 0.05) is 30.6 Å². The summed E-state index contributed by atoms with van der Waals surface area (Å²) in [5.74, 6) is -6.32. The molecule has 1 aromatic carbocycles. The van der Waals surface area contributed by atoms with E-state index in [-0.39, 0.29) is 37.3 Å². The van der Waals surface area contributed by atoms with Crippen LogP contribution in [0.15, 0.2) is 12.1 Å². The van der Waals surface area contributed by atoms with Gasteiger partial charge in [-0.25, -0.2) is 35.5 Å². The highest BCUT2D eigenvalue weighted by Crippen LogP contribution is 2.38. The smallest absolute Gasteiger partial charge is 0.407 e. The van der Waals surface area contributed by atoms with Gasteiger partial charge in [-0.15, -0.1) is 0 Å². The SMILES string of the molecule is CC(C)COC(=O)N[C@H](C(=O)N1C[C@H](C2CCCCC2)CC1C(=O)N[C@@H](CC(F)F)C(=O)NCCc1c(F)cc(C(=O)NS(C)(=O)=O)cc1F)C(C)C. The second-order valence-electron chi connectivity index (χ2n) is 14.6. The normalized spacial score (nSPS) is 19.2. The Morgan fingerprint density at radius 1 is 0.943 bits per heavy atom. The highest BCUT2D eigenvalue weighted by atomic mass is 32.2. The zero-order valence-corrected chi connectivity index (χ0v) is 31.5. The molecule has 0 radical (unpaired) electrons. The minimum Gasteiger partial charge on any atom is -0.449 e. The Kier molecular flexibility index (Phi) is 15.9. The molecule has 2 aliphatic rings. The number of alkyl halides is 2. The third-order valence-electron chi connectivity index (χ3n) is 9.39. The van der Waals surface area contributed by atoms with E-state index in [1.165, 1.54) is 4.90 Å². The van der Waals surface area contributed by atoms with E-state index in [1.54, 1.807) is 18.6 Å². The highest BCUT2D eigenvalue weighted by Gasteiger charge is 2.45. The Balaban J connectivity index is 1.76. The fraction of sp³-hybridized carbons (Fsp3) is 0.686. The number of rotatable bonds is 16. The standard InChI is InChI=1S/C35H51F4N5O8S/c1-19(2)18-52-35(49)42-30(20(3)4)34(48)44-17-23(21-9-7-6-8-10-21)15-28(44)33(47)41-27(16-29(38)39)32(46)40-12-11-24-25(36)13-22(14-26(24)37)31(45)43-53(5,50)51/h13-14,19-21,23,27-30H,6-12,15-18H2,1-5H3,(H,40,46)(H,41,47)(H,42,49)(H,43,45)/t23-,27+,28?,30+/m1/s1. The zero-order chi connectivity index (χ0) is 39.6. The molecule has 4 atom stereocenters. The molecule has 1 heterocycles. The maximum absolute atomic E-state index is 14.7. The Morgan fingerprint density at radius 2 is 1.57 bits per heavy atom. The first-order chi connectivity index (χ1) is 24.8. The van der Waals surface area contributed by atoms with Crippen molar-refractivity contribution in [2.75, 3.05) is 26.0 Å². The van der Waals surface area contributed by atoms with Crippen molar-refractivity contribution in [3.05, 3.63) is 34.9 Å². The van der Waals surface area contributed by atoms with Crippen molar-refractivity contribution in [1.82, 2.24) is 25.6 Å². The van der Waals surface area contributed by atoms with Crippen LogP contribution in [-0.4, -0.2) is 93.5 Å². The number of hydrogen-bond acceptors (Lipinski definition) is 8. The van der Waals surface area contributed by atoms with Crippen LogP contribution < -0.4 is 20.7 Å². The summed E-state index contributed by atoms with van der Waals surface area (Å²) in [4.78, 5) is 66.9. The lowest BCUT2D eigenvalue weighted by Gasteiger charge is -2.31. The van der Waals surface area contributed by atoms with E-state index in [0.717, 1.165) is 32.1 Å². The molecule has 298 valence electrons. The van der Waals surface area contributed by atoms with E-state index >= 15 is 0 Å². The number of nitrogens with zero attached hydrogens (tertiary/aromatic N) is 1. The quantitative estimate of drug-likeness (QED) is 0.184. The summed E-state index contributed by atoms with van der Waals surface area (Å²) in [6.45, 7) is 7.02. The van der Waals surface area contributed by atoms with E-state index in [2.05, 4.69) is 16.0 Å². The monoisotopic (exact) mass is 777 g/mol.